The van der Waals surface area contributed by atoms with Crippen LogP contribution in [0.25, 0.3) is 0 Å². The summed E-state index contributed by atoms with van der Waals surface area (Å²) in [5.74, 6) is 0.957. The standard InChI is InChI=1S/C18H26N4O2S/c1-4-6-17-19-16(12-25-17)18(23)22-8-5-7-21(9-10-22)11-15-13(2)20-24-14(15)3/h12H,4-11H2,1-3H3. The van der Waals surface area contributed by atoms with Gasteiger partial charge in [-0.2, -0.15) is 0 Å². The van der Waals surface area contributed by atoms with Crippen molar-refractivity contribution < 1.29 is 9.32 Å². The molecule has 3 rings (SSSR count). The van der Waals surface area contributed by atoms with Crippen LogP contribution in [0.15, 0.2) is 9.90 Å². The summed E-state index contributed by atoms with van der Waals surface area (Å²) in [4.78, 5) is 21.6. The van der Waals surface area contributed by atoms with E-state index in [0.717, 1.165) is 68.4 Å². The zero-order valence-electron chi connectivity index (χ0n) is 15.2. The van der Waals surface area contributed by atoms with Crippen molar-refractivity contribution in [3.8, 4) is 0 Å². The van der Waals surface area contributed by atoms with E-state index in [9.17, 15) is 4.79 Å². The van der Waals surface area contributed by atoms with Crippen LogP contribution in [-0.4, -0.2) is 52.0 Å². The van der Waals surface area contributed by atoms with Crippen molar-refractivity contribution in [2.75, 3.05) is 26.2 Å². The molecule has 1 amide bonds. The molecule has 0 N–H and O–H groups in total. The number of carbonyl (C=O) groups is 1. The molecule has 0 atom stereocenters. The van der Waals surface area contributed by atoms with Crippen molar-refractivity contribution >= 4 is 17.2 Å². The summed E-state index contributed by atoms with van der Waals surface area (Å²) in [6.07, 6.45) is 2.98. The maximum atomic E-state index is 12.7. The summed E-state index contributed by atoms with van der Waals surface area (Å²) in [6, 6.07) is 0. The second kappa shape index (κ2) is 8.10. The van der Waals surface area contributed by atoms with Crippen LogP contribution in [0.3, 0.4) is 0 Å². The smallest absolute Gasteiger partial charge is 0.273 e. The van der Waals surface area contributed by atoms with Crippen LogP contribution in [0, 0.1) is 13.8 Å². The number of amides is 1. The Morgan fingerprint density at radius 1 is 1.28 bits per heavy atom. The summed E-state index contributed by atoms with van der Waals surface area (Å²) in [5.41, 5.74) is 2.73. The zero-order valence-corrected chi connectivity index (χ0v) is 16.1. The number of thiazole rings is 1. The Morgan fingerprint density at radius 3 is 2.84 bits per heavy atom. The van der Waals surface area contributed by atoms with Gasteiger partial charge in [-0.25, -0.2) is 4.98 Å². The fourth-order valence-corrected chi connectivity index (χ4v) is 4.06. The Balaban J connectivity index is 1.60. The molecule has 136 valence electrons. The maximum Gasteiger partial charge on any atom is 0.273 e. The normalized spacial score (nSPS) is 16.2. The van der Waals surface area contributed by atoms with E-state index in [1.807, 2.05) is 24.1 Å². The molecule has 7 heteroatoms. The van der Waals surface area contributed by atoms with E-state index in [4.69, 9.17) is 4.52 Å². The predicted molar refractivity (Wildman–Crippen MR) is 97.9 cm³/mol. The average molecular weight is 362 g/mol. The number of hydrogen-bond acceptors (Lipinski definition) is 6. The van der Waals surface area contributed by atoms with Crippen molar-refractivity contribution in [1.29, 1.82) is 0 Å². The lowest BCUT2D eigenvalue weighted by Gasteiger charge is -2.21. The Morgan fingerprint density at radius 2 is 2.12 bits per heavy atom. The first-order valence-electron chi connectivity index (χ1n) is 8.96. The molecule has 3 heterocycles. The van der Waals surface area contributed by atoms with Gasteiger partial charge in [0.2, 0.25) is 0 Å². The van der Waals surface area contributed by atoms with Crippen LogP contribution in [0.1, 0.15) is 52.3 Å². The molecule has 1 fully saturated rings. The molecular weight excluding hydrogens is 336 g/mol. The monoisotopic (exact) mass is 362 g/mol. The highest BCUT2D eigenvalue weighted by Crippen LogP contribution is 2.18. The molecule has 1 aliphatic heterocycles. The van der Waals surface area contributed by atoms with Crippen molar-refractivity contribution in [1.82, 2.24) is 19.9 Å². The molecule has 1 saturated heterocycles. The van der Waals surface area contributed by atoms with Crippen molar-refractivity contribution in [3.63, 3.8) is 0 Å². The van der Waals surface area contributed by atoms with E-state index >= 15 is 0 Å². The van der Waals surface area contributed by atoms with Gasteiger partial charge in [-0.3, -0.25) is 9.69 Å². The number of aryl methyl sites for hydroxylation is 3. The molecule has 25 heavy (non-hydrogen) atoms. The van der Waals surface area contributed by atoms with Gasteiger partial charge in [0.15, 0.2) is 0 Å². The fraction of sp³-hybridized carbons (Fsp3) is 0.611. The average Bonchev–Trinajstić information content (AvgIpc) is 3.09. The molecule has 0 aromatic carbocycles. The van der Waals surface area contributed by atoms with Gasteiger partial charge in [0.25, 0.3) is 5.91 Å². The van der Waals surface area contributed by atoms with Crippen LogP contribution in [-0.2, 0) is 13.0 Å². The highest BCUT2D eigenvalue weighted by molar-refractivity contribution is 7.09. The number of rotatable bonds is 5. The van der Waals surface area contributed by atoms with E-state index in [1.165, 1.54) is 5.56 Å². The molecule has 0 unspecified atom stereocenters. The molecule has 0 spiro atoms. The quantitative estimate of drug-likeness (QED) is 0.818. The SMILES string of the molecule is CCCc1nc(C(=O)N2CCCN(Cc3c(C)noc3C)CC2)cs1. The van der Waals surface area contributed by atoms with E-state index in [2.05, 4.69) is 22.0 Å². The second-order valence-electron chi connectivity index (χ2n) is 6.60. The largest absolute Gasteiger partial charge is 0.361 e. The molecule has 6 nitrogen and oxygen atoms in total. The molecular formula is C18H26N4O2S. The first-order chi connectivity index (χ1) is 12.1. The molecule has 2 aromatic heterocycles. The Bertz CT molecular complexity index is 705. The van der Waals surface area contributed by atoms with Crippen molar-refractivity contribution in [2.45, 2.75) is 46.6 Å². The van der Waals surface area contributed by atoms with E-state index < -0.39 is 0 Å². The molecule has 0 saturated carbocycles. The van der Waals surface area contributed by atoms with Gasteiger partial charge in [-0.15, -0.1) is 11.3 Å². The van der Waals surface area contributed by atoms with E-state index in [-0.39, 0.29) is 5.91 Å². The van der Waals surface area contributed by atoms with E-state index in [1.54, 1.807) is 11.3 Å². The Labute approximate surface area is 152 Å². The molecule has 1 aliphatic rings. The first-order valence-corrected chi connectivity index (χ1v) is 9.84. The maximum absolute atomic E-state index is 12.7. The molecule has 2 aromatic rings. The summed E-state index contributed by atoms with van der Waals surface area (Å²) < 4.78 is 5.26. The number of nitrogens with zero attached hydrogens (tertiary/aromatic N) is 4. The minimum atomic E-state index is 0.0674. The van der Waals surface area contributed by atoms with Crippen LogP contribution in [0.2, 0.25) is 0 Å². The summed E-state index contributed by atoms with van der Waals surface area (Å²) in [5, 5.41) is 6.99. The minimum absolute atomic E-state index is 0.0674. The third-order valence-corrected chi connectivity index (χ3v) is 5.58. The van der Waals surface area contributed by atoms with Crippen LogP contribution in [0.4, 0.5) is 0 Å². The fourth-order valence-electron chi connectivity index (χ4n) is 3.18. The topological polar surface area (TPSA) is 62.5 Å². The van der Waals surface area contributed by atoms with Gasteiger partial charge >= 0.3 is 0 Å². The number of hydrogen-bond donors (Lipinski definition) is 0. The van der Waals surface area contributed by atoms with Gasteiger partial charge < -0.3 is 9.42 Å². The third-order valence-electron chi connectivity index (χ3n) is 4.67. The van der Waals surface area contributed by atoms with Crippen molar-refractivity contribution in [3.05, 3.63) is 33.1 Å². The zero-order chi connectivity index (χ0) is 17.8. The van der Waals surface area contributed by atoms with Gasteiger partial charge in [-0.05, 0) is 33.1 Å². The molecule has 0 radical (unpaired) electrons. The van der Waals surface area contributed by atoms with Crippen LogP contribution in [0.5, 0.6) is 0 Å². The third kappa shape index (κ3) is 4.27. The van der Waals surface area contributed by atoms with Crippen LogP contribution < -0.4 is 0 Å². The lowest BCUT2D eigenvalue weighted by molar-refractivity contribution is 0.0755. The van der Waals surface area contributed by atoms with Gasteiger partial charge in [0.05, 0.1) is 10.7 Å². The number of carbonyl (C=O) groups excluding carboxylic acids is 1. The highest BCUT2D eigenvalue weighted by Gasteiger charge is 2.23. The molecule has 0 bridgehead atoms. The number of aromatic nitrogens is 2. The Hall–Kier alpha value is -1.73. The summed E-state index contributed by atoms with van der Waals surface area (Å²) in [7, 11) is 0. The van der Waals surface area contributed by atoms with Crippen LogP contribution >= 0.6 is 11.3 Å². The first kappa shape index (κ1) is 18.1. The summed E-state index contributed by atoms with van der Waals surface area (Å²) in [6.45, 7) is 10.3. The molecule has 0 aliphatic carbocycles. The lowest BCUT2D eigenvalue weighted by atomic mass is 10.2. The van der Waals surface area contributed by atoms with E-state index in [0.29, 0.717) is 5.69 Å². The highest BCUT2D eigenvalue weighted by atomic mass is 32.1. The van der Waals surface area contributed by atoms with Gasteiger partial charge in [0, 0.05) is 43.7 Å². The predicted octanol–water partition coefficient (Wildman–Crippen LogP) is 3.05. The summed E-state index contributed by atoms with van der Waals surface area (Å²) >= 11 is 1.59. The van der Waals surface area contributed by atoms with Crippen molar-refractivity contribution in [2.24, 2.45) is 0 Å². The second-order valence-corrected chi connectivity index (χ2v) is 7.54. The Kier molecular flexibility index (Phi) is 5.86. The minimum Gasteiger partial charge on any atom is -0.361 e. The van der Waals surface area contributed by atoms with Gasteiger partial charge in [-0.1, -0.05) is 12.1 Å². The lowest BCUT2D eigenvalue weighted by Crippen LogP contribution is -2.35. The van der Waals surface area contributed by atoms with Gasteiger partial charge in [0.1, 0.15) is 11.5 Å².